The Kier molecular flexibility index (Phi) is 10.9. The van der Waals surface area contributed by atoms with Crippen molar-refractivity contribution in [1.29, 1.82) is 0 Å². The number of hydrogen-bond acceptors (Lipinski definition) is 5. The fourth-order valence-corrected chi connectivity index (χ4v) is 1.85. The molecule has 0 rings (SSSR count). The van der Waals surface area contributed by atoms with Crippen LogP contribution in [-0.4, -0.2) is 48.8 Å². The minimum absolute atomic E-state index is 0.0139. The molecule has 22 heavy (non-hydrogen) atoms. The fraction of sp³-hybridized carbons (Fsp3) is 0.733. The Bertz CT molecular complexity index is 393. The molecule has 0 radical (unpaired) electrons. The van der Waals surface area contributed by atoms with Crippen LogP contribution >= 0.6 is 0 Å². The summed E-state index contributed by atoms with van der Waals surface area (Å²) in [6, 6.07) is 0. The highest BCUT2D eigenvalue weighted by molar-refractivity contribution is 5.87. The van der Waals surface area contributed by atoms with Crippen LogP contribution < -0.4 is 5.32 Å². The van der Waals surface area contributed by atoms with E-state index >= 15 is 0 Å². The average Bonchev–Trinajstić information content (AvgIpc) is 2.45. The third kappa shape index (κ3) is 11.0. The topological polar surface area (TPSA) is 110 Å². The largest absolute Gasteiger partial charge is 0.481 e. The number of ketones is 2. The van der Waals surface area contributed by atoms with Crippen LogP contribution in [0.15, 0.2) is 0 Å². The van der Waals surface area contributed by atoms with Crippen LogP contribution in [0.3, 0.4) is 0 Å². The van der Waals surface area contributed by atoms with Crippen LogP contribution in [0, 0.1) is 5.92 Å². The summed E-state index contributed by atoms with van der Waals surface area (Å²) in [5, 5.41) is 11.7. The van der Waals surface area contributed by atoms with Gasteiger partial charge in [-0.15, -0.1) is 0 Å². The predicted molar refractivity (Wildman–Crippen MR) is 79.4 cm³/mol. The summed E-state index contributed by atoms with van der Waals surface area (Å²) < 4.78 is 4.84. The molecule has 0 aliphatic rings. The first-order valence-electron chi connectivity index (χ1n) is 7.36. The molecule has 1 amide bonds. The Hall–Kier alpha value is -1.76. The van der Waals surface area contributed by atoms with Gasteiger partial charge >= 0.3 is 5.97 Å². The number of amides is 1. The van der Waals surface area contributed by atoms with E-state index < -0.39 is 11.9 Å². The highest BCUT2D eigenvalue weighted by Crippen LogP contribution is 2.14. The summed E-state index contributed by atoms with van der Waals surface area (Å²) in [4.78, 5) is 45.1. The number of carboxylic acids is 1. The van der Waals surface area contributed by atoms with E-state index in [0.717, 1.165) is 0 Å². The minimum atomic E-state index is -1.08. The predicted octanol–water partition coefficient (Wildman–Crippen LogP) is 0.949. The van der Waals surface area contributed by atoms with E-state index in [1.807, 2.05) is 0 Å². The zero-order valence-electron chi connectivity index (χ0n) is 13.2. The molecule has 0 fully saturated rings. The molecule has 0 spiro atoms. The van der Waals surface area contributed by atoms with Crippen molar-refractivity contribution >= 4 is 23.4 Å². The van der Waals surface area contributed by atoms with Crippen molar-refractivity contribution in [2.75, 3.05) is 20.3 Å². The van der Waals surface area contributed by atoms with Gasteiger partial charge in [-0.05, 0) is 19.8 Å². The first-order chi connectivity index (χ1) is 10.4. The van der Waals surface area contributed by atoms with Crippen LogP contribution in [0.4, 0.5) is 0 Å². The van der Waals surface area contributed by atoms with Crippen molar-refractivity contribution < 1.29 is 29.0 Å². The van der Waals surface area contributed by atoms with Gasteiger partial charge in [0, 0.05) is 45.9 Å². The van der Waals surface area contributed by atoms with Crippen molar-refractivity contribution in [3.05, 3.63) is 0 Å². The van der Waals surface area contributed by atoms with Crippen molar-refractivity contribution in [1.82, 2.24) is 5.32 Å². The molecule has 7 heteroatoms. The van der Waals surface area contributed by atoms with Gasteiger partial charge in [-0.3, -0.25) is 14.4 Å². The number of aliphatic carboxylic acids is 1. The number of ether oxygens (including phenoxy) is 1. The molecule has 2 N–H and O–H groups in total. The van der Waals surface area contributed by atoms with Crippen molar-refractivity contribution in [3.63, 3.8) is 0 Å². The molecule has 0 aromatic heterocycles. The second kappa shape index (κ2) is 11.9. The third-order valence-corrected chi connectivity index (χ3v) is 3.15. The monoisotopic (exact) mass is 315 g/mol. The first kappa shape index (κ1) is 20.2. The van der Waals surface area contributed by atoms with Gasteiger partial charge in [-0.25, -0.2) is 0 Å². The van der Waals surface area contributed by atoms with Crippen LogP contribution in [0.1, 0.15) is 45.4 Å². The Morgan fingerprint density at radius 3 is 2.36 bits per heavy atom. The van der Waals surface area contributed by atoms with Gasteiger partial charge in [-0.1, -0.05) is 0 Å². The van der Waals surface area contributed by atoms with Gasteiger partial charge in [-0.2, -0.15) is 0 Å². The van der Waals surface area contributed by atoms with E-state index in [-0.39, 0.29) is 49.6 Å². The number of Topliss-reactive ketones (excluding diaryl/α,β-unsaturated/α-hetero) is 2. The van der Waals surface area contributed by atoms with Crippen LogP contribution in [-0.2, 0) is 23.9 Å². The lowest BCUT2D eigenvalue weighted by Crippen LogP contribution is -2.26. The van der Waals surface area contributed by atoms with Crippen LogP contribution in [0.5, 0.6) is 0 Å². The Morgan fingerprint density at radius 2 is 1.82 bits per heavy atom. The van der Waals surface area contributed by atoms with Gasteiger partial charge < -0.3 is 20.0 Å². The summed E-state index contributed by atoms with van der Waals surface area (Å²) in [5.41, 5.74) is 0. The maximum atomic E-state index is 11.7. The normalized spacial score (nSPS) is 11.7. The van der Waals surface area contributed by atoms with E-state index in [2.05, 4.69) is 5.32 Å². The molecule has 0 saturated carbocycles. The Morgan fingerprint density at radius 1 is 1.14 bits per heavy atom. The molecule has 0 saturated heterocycles. The van der Waals surface area contributed by atoms with Crippen LogP contribution in [0.25, 0.3) is 0 Å². The van der Waals surface area contributed by atoms with Gasteiger partial charge in [0.15, 0.2) is 0 Å². The van der Waals surface area contributed by atoms with E-state index in [1.165, 1.54) is 6.92 Å². The molecule has 0 bridgehead atoms. The quantitative estimate of drug-likeness (QED) is 0.490. The van der Waals surface area contributed by atoms with Gasteiger partial charge in [0.1, 0.15) is 11.6 Å². The summed E-state index contributed by atoms with van der Waals surface area (Å²) in [6.45, 7) is 2.42. The standard InChI is InChI=1S/C15H25NO6/c1-11(17)4-5-12(15(20)21)10-13(18)6-7-14(19)16-8-3-9-22-2/h12H,3-10H2,1-2H3,(H,16,19)(H,20,21)/t12-/m1/s1. The highest BCUT2D eigenvalue weighted by atomic mass is 16.5. The zero-order chi connectivity index (χ0) is 17.0. The summed E-state index contributed by atoms with van der Waals surface area (Å²) in [5.74, 6) is -2.56. The first-order valence-corrected chi connectivity index (χ1v) is 7.36. The minimum Gasteiger partial charge on any atom is -0.481 e. The Labute approximate surface area is 130 Å². The molecule has 0 unspecified atom stereocenters. The van der Waals surface area contributed by atoms with Crippen LogP contribution in [0.2, 0.25) is 0 Å². The maximum Gasteiger partial charge on any atom is 0.306 e. The van der Waals surface area contributed by atoms with Crippen molar-refractivity contribution in [3.8, 4) is 0 Å². The van der Waals surface area contributed by atoms with E-state index in [1.54, 1.807) is 7.11 Å². The lowest BCUT2D eigenvalue weighted by atomic mass is 9.94. The Balaban J connectivity index is 4.00. The van der Waals surface area contributed by atoms with Crippen molar-refractivity contribution in [2.24, 2.45) is 5.92 Å². The van der Waals surface area contributed by atoms with E-state index in [4.69, 9.17) is 9.84 Å². The lowest BCUT2D eigenvalue weighted by Gasteiger charge is -2.10. The summed E-state index contributed by atoms with van der Waals surface area (Å²) in [6.07, 6.45) is 0.913. The molecule has 126 valence electrons. The molecule has 0 aliphatic carbocycles. The number of hydrogen-bond donors (Lipinski definition) is 2. The number of methoxy groups -OCH3 is 1. The molecule has 7 nitrogen and oxygen atoms in total. The number of carbonyl (C=O) groups is 4. The smallest absolute Gasteiger partial charge is 0.306 e. The lowest BCUT2D eigenvalue weighted by molar-refractivity contribution is -0.144. The van der Waals surface area contributed by atoms with Gasteiger partial charge in [0.05, 0.1) is 5.92 Å². The molecule has 0 aromatic rings. The highest BCUT2D eigenvalue weighted by Gasteiger charge is 2.21. The fourth-order valence-electron chi connectivity index (χ4n) is 1.85. The van der Waals surface area contributed by atoms with Crippen molar-refractivity contribution in [2.45, 2.75) is 45.4 Å². The second-order valence-corrected chi connectivity index (χ2v) is 5.21. The SMILES string of the molecule is COCCCNC(=O)CCC(=O)C[C@@H](CCC(C)=O)C(=O)O. The number of carbonyl (C=O) groups excluding carboxylic acids is 3. The maximum absolute atomic E-state index is 11.7. The molecule has 0 aromatic carbocycles. The summed E-state index contributed by atoms with van der Waals surface area (Å²) in [7, 11) is 1.57. The molecule has 1 atom stereocenters. The van der Waals surface area contributed by atoms with Gasteiger partial charge in [0.25, 0.3) is 0 Å². The summed E-state index contributed by atoms with van der Waals surface area (Å²) >= 11 is 0. The zero-order valence-corrected chi connectivity index (χ0v) is 13.2. The number of rotatable bonds is 13. The molecule has 0 aliphatic heterocycles. The third-order valence-electron chi connectivity index (χ3n) is 3.15. The molecule has 0 heterocycles. The molecular formula is C15H25NO6. The number of carboxylic acid groups (broad SMARTS) is 1. The average molecular weight is 315 g/mol. The van der Waals surface area contributed by atoms with E-state index in [9.17, 15) is 19.2 Å². The second-order valence-electron chi connectivity index (χ2n) is 5.21. The number of nitrogens with one attached hydrogen (secondary N) is 1. The van der Waals surface area contributed by atoms with Gasteiger partial charge in [0.2, 0.25) is 5.91 Å². The van der Waals surface area contributed by atoms with E-state index in [0.29, 0.717) is 19.6 Å². The molecular weight excluding hydrogens is 290 g/mol.